The Hall–Kier alpha value is -3.06. The highest BCUT2D eigenvalue weighted by Crippen LogP contribution is 2.28. The fraction of sp³-hybridized carbons (Fsp3) is 0.176. The number of nitrogens with one attached hydrogen (secondary N) is 2. The lowest BCUT2D eigenvalue weighted by Crippen LogP contribution is -2.21. The van der Waals surface area contributed by atoms with E-state index in [1.807, 2.05) is 0 Å². The number of ether oxygens (including phenoxy) is 2. The van der Waals surface area contributed by atoms with E-state index in [2.05, 4.69) is 10.6 Å². The Bertz CT molecular complexity index is 746. The normalized spacial score (nSPS) is 9.96. The molecule has 0 aromatic heterocycles. The number of hydrogen-bond acceptors (Lipinski definition) is 5. The molecule has 0 spiro atoms. The Morgan fingerprint density at radius 2 is 1.83 bits per heavy atom. The average Bonchev–Trinajstić information content (AvgIpc) is 2.62. The Kier molecular flexibility index (Phi) is 5.75. The smallest absolute Gasteiger partial charge is 0.255 e. The van der Waals surface area contributed by atoms with E-state index in [1.54, 1.807) is 42.5 Å². The molecule has 0 fully saturated rings. The maximum atomic E-state index is 12.4. The van der Waals surface area contributed by atoms with Crippen LogP contribution in [0.1, 0.15) is 10.4 Å². The van der Waals surface area contributed by atoms with E-state index in [4.69, 9.17) is 15.2 Å². The van der Waals surface area contributed by atoms with Gasteiger partial charge in [-0.15, -0.1) is 0 Å². The van der Waals surface area contributed by atoms with Crippen molar-refractivity contribution in [1.29, 1.82) is 0 Å². The molecule has 7 nitrogen and oxygen atoms in total. The molecule has 0 saturated heterocycles. The lowest BCUT2D eigenvalue weighted by molar-refractivity contribution is -0.114. The highest BCUT2D eigenvalue weighted by Gasteiger charge is 2.12. The summed E-state index contributed by atoms with van der Waals surface area (Å²) in [5, 5.41) is 5.39. The van der Waals surface area contributed by atoms with Gasteiger partial charge in [-0.25, -0.2) is 0 Å². The second-order valence-electron chi connectivity index (χ2n) is 4.85. The van der Waals surface area contributed by atoms with E-state index in [1.165, 1.54) is 14.2 Å². The first kappa shape index (κ1) is 17.3. The van der Waals surface area contributed by atoms with Gasteiger partial charge in [0.15, 0.2) is 0 Å². The third-order valence-electron chi connectivity index (χ3n) is 3.25. The molecule has 0 heterocycles. The van der Waals surface area contributed by atoms with Gasteiger partial charge in [0.25, 0.3) is 5.91 Å². The van der Waals surface area contributed by atoms with Crippen LogP contribution in [-0.4, -0.2) is 32.6 Å². The molecular weight excluding hydrogens is 310 g/mol. The van der Waals surface area contributed by atoms with Gasteiger partial charge in [-0.2, -0.15) is 0 Å². The largest absolute Gasteiger partial charge is 0.497 e. The van der Waals surface area contributed by atoms with Crippen molar-refractivity contribution in [1.82, 2.24) is 0 Å². The summed E-state index contributed by atoms with van der Waals surface area (Å²) in [6, 6.07) is 11.7. The maximum Gasteiger partial charge on any atom is 0.255 e. The van der Waals surface area contributed by atoms with E-state index < -0.39 is 0 Å². The summed E-state index contributed by atoms with van der Waals surface area (Å²) in [6.07, 6.45) is 0. The molecule has 0 radical (unpaired) electrons. The Balaban J connectivity index is 2.19. The fourth-order valence-corrected chi connectivity index (χ4v) is 2.04. The molecule has 0 unspecified atom stereocenters. The van der Waals surface area contributed by atoms with E-state index in [0.29, 0.717) is 28.4 Å². The molecule has 7 heteroatoms. The van der Waals surface area contributed by atoms with Crippen molar-refractivity contribution in [3.05, 3.63) is 48.0 Å². The number of benzene rings is 2. The lowest BCUT2D eigenvalue weighted by Gasteiger charge is -2.13. The van der Waals surface area contributed by atoms with Gasteiger partial charge in [0.1, 0.15) is 11.5 Å². The zero-order valence-electron chi connectivity index (χ0n) is 13.5. The fourth-order valence-electron chi connectivity index (χ4n) is 2.04. The van der Waals surface area contributed by atoms with Gasteiger partial charge in [0, 0.05) is 17.3 Å². The third kappa shape index (κ3) is 4.23. The Morgan fingerprint density at radius 3 is 2.50 bits per heavy atom. The van der Waals surface area contributed by atoms with E-state index >= 15 is 0 Å². The van der Waals surface area contributed by atoms with Crippen molar-refractivity contribution in [2.75, 3.05) is 31.4 Å². The Labute approximate surface area is 139 Å². The molecule has 2 rings (SSSR count). The molecular formula is C17H19N3O4. The van der Waals surface area contributed by atoms with Crippen molar-refractivity contribution in [3.8, 4) is 11.5 Å². The highest BCUT2D eigenvalue weighted by atomic mass is 16.5. The summed E-state index contributed by atoms with van der Waals surface area (Å²) in [6.45, 7) is -0.114. The lowest BCUT2D eigenvalue weighted by atomic mass is 10.2. The average molecular weight is 329 g/mol. The molecule has 0 saturated carbocycles. The molecule has 2 aromatic carbocycles. The zero-order chi connectivity index (χ0) is 17.5. The summed E-state index contributed by atoms with van der Waals surface area (Å²) < 4.78 is 10.4. The molecule has 126 valence electrons. The predicted octanol–water partition coefficient (Wildman–Crippen LogP) is 1.85. The quantitative estimate of drug-likeness (QED) is 0.750. The van der Waals surface area contributed by atoms with E-state index in [-0.39, 0.29) is 18.4 Å². The molecule has 0 bridgehead atoms. The first-order valence-corrected chi connectivity index (χ1v) is 7.20. The number of amides is 2. The number of carbonyl (C=O) groups excluding carboxylic acids is 2. The summed E-state index contributed by atoms with van der Waals surface area (Å²) in [7, 11) is 3.01. The zero-order valence-corrected chi connectivity index (χ0v) is 13.5. The van der Waals surface area contributed by atoms with Gasteiger partial charge in [-0.05, 0) is 30.3 Å². The van der Waals surface area contributed by atoms with Crippen LogP contribution in [-0.2, 0) is 4.79 Å². The molecule has 4 N–H and O–H groups in total. The van der Waals surface area contributed by atoms with Crippen LogP contribution in [0.25, 0.3) is 0 Å². The minimum Gasteiger partial charge on any atom is -0.497 e. The predicted molar refractivity (Wildman–Crippen MR) is 91.6 cm³/mol. The van der Waals surface area contributed by atoms with Crippen LogP contribution < -0.4 is 25.8 Å². The van der Waals surface area contributed by atoms with Crippen LogP contribution >= 0.6 is 0 Å². The van der Waals surface area contributed by atoms with Gasteiger partial charge >= 0.3 is 0 Å². The van der Waals surface area contributed by atoms with Crippen molar-refractivity contribution < 1.29 is 19.1 Å². The summed E-state index contributed by atoms with van der Waals surface area (Å²) >= 11 is 0. The van der Waals surface area contributed by atoms with Gasteiger partial charge < -0.3 is 25.8 Å². The molecule has 0 aliphatic rings. The second kappa shape index (κ2) is 7.98. The third-order valence-corrected chi connectivity index (χ3v) is 3.25. The van der Waals surface area contributed by atoms with Crippen LogP contribution in [0.15, 0.2) is 42.5 Å². The van der Waals surface area contributed by atoms with Crippen molar-refractivity contribution in [3.63, 3.8) is 0 Å². The van der Waals surface area contributed by atoms with Gasteiger partial charge in [0.2, 0.25) is 5.91 Å². The monoisotopic (exact) mass is 329 g/mol. The summed E-state index contributed by atoms with van der Waals surface area (Å²) in [5.74, 6) is 0.395. The Morgan fingerprint density at radius 1 is 1.04 bits per heavy atom. The first-order chi connectivity index (χ1) is 11.6. The number of carbonyl (C=O) groups is 2. The number of nitrogens with two attached hydrogens (primary N) is 1. The van der Waals surface area contributed by atoms with Crippen LogP contribution in [0.2, 0.25) is 0 Å². The minimum atomic E-state index is -0.315. The molecule has 2 aromatic rings. The molecule has 0 aliphatic heterocycles. The molecule has 0 aliphatic carbocycles. The SMILES string of the molecule is COc1cccc(C(=O)Nc2ccc(NC(=O)CN)cc2OC)c1. The first-order valence-electron chi connectivity index (χ1n) is 7.20. The van der Waals surface area contributed by atoms with E-state index in [9.17, 15) is 9.59 Å². The van der Waals surface area contributed by atoms with Gasteiger partial charge in [0.05, 0.1) is 26.5 Å². The standard InChI is InChI=1S/C17H19N3O4/c1-23-13-5-3-4-11(8-13)17(22)20-14-7-6-12(9-15(14)24-2)19-16(21)10-18/h3-9H,10,18H2,1-2H3,(H,19,21)(H,20,22). The highest BCUT2D eigenvalue weighted by molar-refractivity contribution is 6.05. The number of methoxy groups -OCH3 is 2. The van der Waals surface area contributed by atoms with Crippen LogP contribution in [0.5, 0.6) is 11.5 Å². The molecule has 24 heavy (non-hydrogen) atoms. The van der Waals surface area contributed by atoms with Crippen molar-refractivity contribution >= 4 is 23.2 Å². The maximum absolute atomic E-state index is 12.4. The minimum absolute atomic E-state index is 0.114. The van der Waals surface area contributed by atoms with Crippen molar-refractivity contribution in [2.24, 2.45) is 5.73 Å². The van der Waals surface area contributed by atoms with Gasteiger partial charge in [-0.3, -0.25) is 9.59 Å². The second-order valence-corrected chi connectivity index (χ2v) is 4.85. The summed E-state index contributed by atoms with van der Waals surface area (Å²) in [5.41, 5.74) is 6.73. The summed E-state index contributed by atoms with van der Waals surface area (Å²) in [4.78, 5) is 23.7. The number of hydrogen-bond donors (Lipinski definition) is 3. The topological polar surface area (TPSA) is 103 Å². The number of rotatable bonds is 6. The number of anilines is 2. The van der Waals surface area contributed by atoms with E-state index in [0.717, 1.165) is 0 Å². The van der Waals surface area contributed by atoms with Gasteiger partial charge in [-0.1, -0.05) is 6.07 Å². The van der Waals surface area contributed by atoms with Crippen LogP contribution in [0.4, 0.5) is 11.4 Å². The van der Waals surface area contributed by atoms with Crippen LogP contribution in [0.3, 0.4) is 0 Å². The molecule has 2 amide bonds. The van der Waals surface area contributed by atoms with Crippen molar-refractivity contribution in [2.45, 2.75) is 0 Å². The molecule has 0 atom stereocenters. The van der Waals surface area contributed by atoms with Crippen LogP contribution in [0, 0.1) is 0 Å².